The normalized spacial score (nSPS) is 12.1. The van der Waals surface area contributed by atoms with Crippen LogP contribution in [0.2, 0.25) is 0 Å². The number of aromatic nitrogens is 4. The molecule has 13 rings (SSSR count). The van der Waals surface area contributed by atoms with E-state index in [-0.39, 0.29) is 0 Å². The van der Waals surface area contributed by atoms with Crippen molar-refractivity contribution in [1.82, 2.24) is 19.1 Å². The van der Waals surface area contributed by atoms with E-state index in [0.717, 1.165) is 56.0 Å². The highest BCUT2D eigenvalue weighted by molar-refractivity contribution is 7.20. The highest BCUT2D eigenvalue weighted by Crippen LogP contribution is 2.49. The summed E-state index contributed by atoms with van der Waals surface area (Å²) in [6, 6.07) is 84.3. The molecule has 4 heterocycles. The van der Waals surface area contributed by atoms with Crippen LogP contribution in [0.1, 0.15) is 0 Å². The molecule has 0 aliphatic carbocycles. The molecule has 294 valence electrons. The van der Waals surface area contributed by atoms with Crippen LogP contribution in [0.15, 0.2) is 231 Å². The first-order valence-corrected chi connectivity index (χ1v) is 23.6. The van der Waals surface area contributed by atoms with Crippen molar-refractivity contribution < 1.29 is 0 Å². The summed E-state index contributed by atoms with van der Waals surface area (Å²) in [4.78, 5) is 11.4. The van der Waals surface area contributed by atoms with Crippen LogP contribution in [0, 0.1) is 0 Å². The van der Waals surface area contributed by atoms with Gasteiger partial charge in [0.2, 0.25) is 0 Å². The second-order valence-corrected chi connectivity index (χ2v) is 20.3. The number of nitrogens with zero attached hydrogens (tertiary/aromatic N) is 4. The third kappa shape index (κ3) is 5.14. The van der Waals surface area contributed by atoms with Crippen LogP contribution in [0.3, 0.4) is 0 Å². The molecule has 1 aliphatic heterocycles. The zero-order valence-electron chi connectivity index (χ0n) is 34.2. The molecular weight excluding hydrogens is 781 g/mol. The Morgan fingerprint density at radius 1 is 0.317 bits per heavy atom. The van der Waals surface area contributed by atoms with E-state index in [0.29, 0.717) is 5.82 Å². The van der Waals surface area contributed by atoms with E-state index >= 15 is 0 Å². The van der Waals surface area contributed by atoms with Crippen molar-refractivity contribution >= 4 is 72.4 Å². The smallest absolute Gasteiger partial charge is 0.179 e. The summed E-state index contributed by atoms with van der Waals surface area (Å²) in [5.41, 5.74) is 9.87. The van der Waals surface area contributed by atoms with Crippen LogP contribution in [0.5, 0.6) is 0 Å². The highest BCUT2D eigenvalue weighted by Gasteiger charge is 2.42. The molecule has 0 radical (unpaired) electrons. The van der Waals surface area contributed by atoms with Gasteiger partial charge < -0.3 is 0 Å². The summed E-state index contributed by atoms with van der Waals surface area (Å²) in [7, 11) is -2.89. The average Bonchev–Trinajstić information content (AvgIpc) is 3.84. The molecule has 0 unspecified atom stereocenters. The maximum Gasteiger partial charge on any atom is 0.179 e. The van der Waals surface area contributed by atoms with Crippen LogP contribution in [-0.2, 0) is 0 Å². The first-order valence-electron chi connectivity index (χ1n) is 21.6. The molecule has 63 heavy (non-hydrogen) atoms. The monoisotopic (exact) mass is 818 g/mol. The highest BCUT2D eigenvalue weighted by atomic mass is 28.3. The van der Waals surface area contributed by atoms with Crippen molar-refractivity contribution in [1.29, 1.82) is 0 Å². The molecule has 0 N–H and O–H groups in total. The van der Waals surface area contributed by atoms with E-state index < -0.39 is 8.07 Å². The Hall–Kier alpha value is -8.12. The third-order valence-corrected chi connectivity index (χ3v) is 18.0. The van der Waals surface area contributed by atoms with E-state index in [9.17, 15) is 0 Å². The number of rotatable bonds is 6. The zero-order valence-corrected chi connectivity index (χ0v) is 35.2. The summed E-state index contributed by atoms with van der Waals surface area (Å²) in [5, 5.41) is 10.1. The van der Waals surface area contributed by atoms with Gasteiger partial charge in [0.25, 0.3) is 0 Å². The first kappa shape index (κ1) is 35.6. The molecule has 5 heteroatoms. The van der Waals surface area contributed by atoms with Crippen molar-refractivity contribution in [2.75, 3.05) is 0 Å². The Labute approximate surface area is 365 Å². The minimum atomic E-state index is -2.89. The van der Waals surface area contributed by atoms with Gasteiger partial charge in [0.1, 0.15) is 0 Å². The molecule has 1 aliphatic rings. The second kappa shape index (κ2) is 14.0. The number of para-hydroxylation sites is 3. The van der Waals surface area contributed by atoms with Gasteiger partial charge in [-0.25, -0.2) is 9.97 Å². The van der Waals surface area contributed by atoms with Gasteiger partial charge in [-0.05, 0) is 50.1 Å². The van der Waals surface area contributed by atoms with Gasteiger partial charge in [-0.15, -0.1) is 0 Å². The molecule has 0 atom stereocenters. The van der Waals surface area contributed by atoms with Gasteiger partial charge in [-0.3, -0.25) is 9.13 Å². The summed E-state index contributed by atoms with van der Waals surface area (Å²) >= 11 is 0. The number of fused-ring (bicyclic) bond motifs is 11. The van der Waals surface area contributed by atoms with E-state index in [4.69, 9.17) is 9.97 Å². The molecular formula is C58H38N4Si. The van der Waals surface area contributed by atoms with Gasteiger partial charge >= 0.3 is 0 Å². The van der Waals surface area contributed by atoms with Crippen molar-refractivity contribution in [3.8, 4) is 45.3 Å². The van der Waals surface area contributed by atoms with Crippen LogP contribution in [0.4, 0.5) is 0 Å². The zero-order chi connectivity index (χ0) is 41.5. The van der Waals surface area contributed by atoms with E-state index in [1.54, 1.807) is 0 Å². The molecule has 0 bridgehead atoms. The Morgan fingerprint density at radius 2 is 0.778 bits per heavy atom. The minimum absolute atomic E-state index is 0.677. The largest absolute Gasteiger partial charge is 0.293 e. The number of benzene rings is 9. The SMILES string of the molecule is c1ccc(-c2nc(-n3c4ccccc4c4ccc([Si](c5ccccc5)(c5ccccc5)c5ccccc5)cc43)c3c(n2)-n2c4ccccc4c4cccc(c42)-c2ccccc2-3)cc1. The van der Waals surface area contributed by atoms with Crippen molar-refractivity contribution in [3.05, 3.63) is 231 Å². The van der Waals surface area contributed by atoms with Gasteiger partial charge in [0.05, 0.1) is 27.6 Å². The third-order valence-electron chi connectivity index (χ3n) is 13.2. The molecule has 12 aromatic rings. The number of hydrogen-bond acceptors (Lipinski definition) is 2. The van der Waals surface area contributed by atoms with Crippen LogP contribution >= 0.6 is 0 Å². The fourth-order valence-electron chi connectivity index (χ4n) is 10.6. The molecule has 0 saturated carbocycles. The van der Waals surface area contributed by atoms with Gasteiger partial charge in [0.15, 0.2) is 25.5 Å². The Balaban J connectivity index is 1.22. The summed E-state index contributed by atoms with van der Waals surface area (Å²) in [6.45, 7) is 0. The number of hydrogen-bond donors (Lipinski definition) is 0. The summed E-state index contributed by atoms with van der Waals surface area (Å²) in [6.07, 6.45) is 0. The Bertz CT molecular complexity index is 3630. The van der Waals surface area contributed by atoms with E-state index in [1.165, 1.54) is 47.9 Å². The summed E-state index contributed by atoms with van der Waals surface area (Å²) in [5.74, 6) is 2.39. The molecule has 0 saturated heterocycles. The average molecular weight is 819 g/mol. The lowest BCUT2D eigenvalue weighted by Crippen LogP contribution is -2.74. The molecule has 0 spiro atoms. The topological polar surface area (TPSA) is 35.6 Å². The van der Waals surface area contributed by atoms with Crippen LogP contribution in [-0.4, -0.2) is 27.2 Å². The lowest BCUT2D eigenvalue weighted by molar-refractivity contribution is 1.00. The quantitative estimate of drug-likeness (QED) is 0.124. The molecule has 3 aromatic heterocycles. The Kier molecular flexibility index (Phi) is 7.89. The van der Waals surface area contributed by atoms with Gasteiger partial charge in [0, 0.05) is 32.7 Å². The Morgan fingerprint density at radius 3 is 1.41 bits per heavy atom. The van der Waals surface area contributed by atoms with E-state index in [2.05, 4.69) is 240 Å². The fourth-order valence-corrected chi connectivity index (χ4v) is 15.4. The standard InChI is InChI=1S/C58H38N4Si/c1-5-20-39(21-6-1)56-59-57(54-48-31-14-13-28-44(48)49-32-19-33-50-46-30-16-18-35-52(46)62(55(49)50)58(54)60-56)61-51-34-17-15-29-45(51)47-37-36-43(38-53(47)61)63(40-22-7-2-8-23-40,41-24-9-3-10-25-41)42-26-11-4-12-27-42/h1-38H. The van der Waals surface area contributed by atoms with Crippen LogP contribution < -0.4 is 20.7 Å². The predicted octanol–water partition coefficient (Wildman–Crippen LogP) is 11.4. The van der Waals surface area contributed by atoms with Crippen molar-refractivity contribution in [3.63, 3.8) is 0 Å². The molecule has 4 nitrogen and oxygen atoms in total. The molecule has 9 aromatic carbocycles. The van der Waals surface area contributed by atoms with Gasteiger partial charge in [-0.1, -0.05) is 212 Å². The van der Waals surface area contributed by atoms with Gasteiger partial charge in [-0.2, -0.15) is 0 Å². The summed E-state index contributed by atoms with van der Waals surface area (Å²) < 4.78 is 4.85. The van der Waals surface area contributed by atoms with Crippen LogP contribution in [0.25, 0.3) is 88.9 Å². The fraction of sp³-hybridized carbons (Fsp3) is 0. The second-order valence-electron chi connectivity index (χ2n) is 16.5. The molecule has 0 fully saturated rings. The van der Waals surface area contributed by atoms with E-state index in [1.807, 2.05) is 0 Å². The first-order chi connectivity index (χ1) is 31.3. The lowest BCUT2D eigenvalue weighted by atomic mass is 9.94. The van der Waals surface area contributed by atoms with Crippen molar-refractivity contribution in [2.24, 2.45) is 0 Å². The maximum atomic E-state index is 5.75. The van der Waals surface area contributed by atoms with Crippen molar-refractivity contribution in [2.45, 2.75) is 0 Å². The lowest BCUT2D eigenvalue weighted by Gasteiger charge is -2.34. The predicted molar refractivity (Wildman–Crippen MR) is 264 cm³/mol. The minimum Gasteiger partial charge on any atom is -0.293 e. The molecule has 0 amide bonds. The maximum absolute atomic E-state index is 5.75.